The van der Waals surface area contributed by atoms with Gasteiger partial charge in [-0.2, -0.15) is 0 Å². The molecule has 2 aliphatic rings. The van der Waals surface area contributed by atoms with Crippen LogP contribution >= 0.6 is 0 Å². The van der Waals surface area contributed by atoms with Crippen molar-refractivity contribution in [2.75, 3.05) is 23.3 Å². The molecule has 2 atom stereocenters. The highest BCUT2D eigenvalue weighted by Crippen LogP contribution is 2.34. The third kappa shape index (κ3) is 2.94. The highest BCUT2D eigenvalue weighted by Gasteiger charge is 2.25. The zero-order valence-electron chi connectivity index (χ0n) is 12.8. The summed E-state index contributed by atoms with van der Waals surface area (Å²) in [6, 6.07) is 9.59. The maximum Gasteiger partial charge on any atom is 0.0602 e. The smallest absolute Gasteiger partial charge is 0.0602 e. The van der Waals surface area contributed by atoms with E-state index in [0.29, 0.717) is 6.04 Å². The summed E-state index contributed by atoms with van der Waals surface area (Å²) in [6.07, 6.45) is 9.55. The number of hydrogen-bond acceptors (Lipinski definition) is 2. The van der Waals surface area contributed by atoms with E-state index in [0.717, 1.165) is 5.92 Å². The number of nitrogens with zero attached hydrogens (tertiary/aromatic N) is 1. The fraction of sp³-hybridized carbons (Fsp3) is 0.667. The predicted octanol–water partition coefficient (Wildman–Crippen LogP) is 4.67. The molecule has 0 aromatic heterocycles. The highest BCUT2D eigenvalue weighted by atomic mass is 15.2. The summed E-state index contributed by atoms with van der Waals surface area (Å²) >= 11 is 0. The molecule has 1 saturated heterocycles. The minimum Gasteiger partial charge on any atom is -0.380 e. The minimum atomic E-state index is 0.678. The van der Waals surface area contributed by atoms with Gasteiger partial charge < -0.3 is 10.2 Å². The van der Waals surface area contributed by atoms with E-state index in [-0.39, 0.29) is 0 Å². The number of nitrogens with one attached hydrogen (secondary N) is 1. The van der Waals surface area contributed by atoms with Gasteiger partial charge in [-0.25, -0.2) is 0 Å². The van der Waals surface area contributed by atoms with Crippen LogP contribution in [0.25, 0.3) is 0 Å². The maximum atomic E-state index is 3.89. The van der Waals surface area contributed by atoms with E-state index in [1.807, 2.05) is 0 Å². The molecule has 0 radical (unpaired) electrons. The van der Waals surface area contributed by atoms with Crippen molar-refractivity contribution in [3.63, 3.8) is 0 Å². The lowest BCUT2D eigenvalue weighted by Crippen LogP contribution is -2.32. The summed E-state index contributed by atoms with van der Waals surface area (Å²) in [5.41, 5.74) is 2.78. The molecular weight excluding hydrogens is 244 g/mol. The van der Waals surface area contributed by atoms with Gasteiger partial charge in [0.05, 0.1) is 11.4 Å². The fourth-order valence-corrected chi connectivity index (χ4v) is 3.92. The largest absolute Gasteiger partial charge is 0.380 e. The van der Waals surface area contributed by atoms with E-state index in [1.165, 1.54) is 69.4 Å². The summed E-state index contributed by atoms with van der Waals surface area (Å²) in [7, 11) is 0. The van der Waals surface area contributed by atoms with Gasteiger partial charge >= 0.3 is 0 Å². The molecule has 1 aliphatic heterocycles. The summed E-state index contributed by atoms with van der Waals surface area (Å²) in [4.78, 5) is 2.55. The van der Waals surface area contributed by atoms with Crippen LogP contribution in [-0.4, -0.2) is 19.1 Å². The van der Waals surface area contributed by atoms with Crippen molar-refractivity contribution in [1.82, 2.24) is 0 Å². The Labute approximate surface area is 123 Å². The van der Waals surface area contributed by atoms with Gasteiger partial charge in [0.2, 0.25) is 0 Å². The van der Waals surface area contributed by atoms with Gasteiger partial charge in [0, 0.05) is 19.1 Å². The lowest BCUT2D eigenvalue weighted by molar-refractivity contribution is 0.317. The van der Waals surface area contributed by atoms with E-state index in [9.17, 15) is 0 Å². The Morgan fingerprint density at radius 1 is 1.05 bits per heavy atom. The number of rotatable bonds is 4. The number of benzene rings is 1. The van der Waals surface area contributed by atoms with E-state index >= 15 is 0 Å². The molecule has 3 rings (SSSR count). The summed E-state index contributed by atoms with van der Waals surface area (Å²) in [6.45, 7) is 4.79. The standard InChI is InChI=1S/C18H28N2/c1-2-15-9-3-4-10-16(15)19-17-11-5-6-12-18(17)20-13-7-8-14-20/h5-6,11-12,15-16,19H,2-4,7-10,13-14H2,1H3. The van der Waals surface area contributed by atoms with E-state index in [1.54, 1.807) is 0 Å². The molecule has 2 nitrogen and oxygen atoms in total. The first-order valence-corrected chi connectivity index (χ1v) is 8.49. The van der Waals surface area contributed by atoms with Crippen molar-refractivity contribution in [1.29, 1.82) is 0 Å². The zero-order chi connectivity index (χ0) is 13.8. The van der Waals surface area contributed by atoms with Crippen LogP contribution in [0, 0.1) is 5.92 Å². The Morgan fingerprint density at radius 3 is 2.60 bits per heavy atom. The van der Waals surface area contributed by atoms with E-state index < -0.39 is 0 Å². The van der Waals surface area contributed by atoms with Crippen molar-refractivity contribution in [2.45, 2.75) is 57.9 Å². The Balaban J connectivity index is 1.75. The first-order valence-electron chi connectivity index (χ1n) is 8.49. The molecule has 1 N–H and O–H groups in total. The molecule has 1 aliphatic carbocycles. The van der Waals surface area contributed by atoms with Gasteiger partial charge in [-0.15, -0.1) is 0 Å². The van der Waals surface area contributed by atoms with E-state index in [4.69, 9.17) is 0 Å². The molecule has 110 valence electrons. The van der Waals surface area contributed by atoms with Gasteiger partial charge in [0.1, 0.15) is 0 Å². The lowest BCUT2D eigenvalue weighted by Gasteiger charge is -2.34. The van der Waals surface area contributed by atoms with Gasteiger partial charge in [0.15, 0.2) is 0 Å². The zero-order valence-corrected chi connectivity index (χ0v) is 12.8. The average Bonchev–Trinajstić information content (AvgIpc) is 3.02. The highest BCUT2D eigenvalue weighted by molar-refractivity contribution is 5.70. The first kappa shape index (κ1) is 13.8. The summed E-state index contributed by atoms with van der Waals surface area (Å²) < 4.78 is 0. The van der Waals surface area contributed by atoms with Crippen LogP contribution in [0.3, 0.4) is 0 Å². The Morgan fingerprint density at radius 2 is 1.80 bits per heavy atom. The molecule has 1 aromatic carbocycles. The lowest BCUT2D eigenvalue weighted by atomic mass is 9.83. The Bertz CT molecular complexity index is 423. The third-order valence-corrected chi connectivity index (χ3v) is 5.13. The second-order valence-electron chi connectivity index (χ2n) is 6.41. The van der Waals surface area contributed by atoms with Crippen molar-refractivity contribution in [3.8, 4) is 0 Å². The number of hydrogen-bond donors (Lipinski definition) is 1. The summed E-state index contributed by atoms with van der Waals surface area (Å²) in [5.74, 6) is 0.857. The number of anilines is 2. The molecule has 2 unspecified atom stereocenters. The SMILES string of the molecule is CCC1CCCCC1Nc1ccccc1N1CCCC1. The quantitative estimate of drug-likeness (QED) is 0.857. The molecule has 2 heteroatoms. The monoisotopic (exact) mass is 272 g/mol. The van der Waals surface area contributed by atoms with Crippen molar-refractivity contribution in [3.05, 3.63) is 24.3 Å². The van der Waals surface area contributed by atoms with Crippen LogP contribution < -0.4 is 10.2 Å². The van der Waals surface area contributed by atoms with Gasteiger partial charge in [-0.3, -0.25) is 0 Å². The van der Waals surface area contributed by atoms with Gasteiger partial charge in [-0.1, -0.05) is 38.3 Å². The summed E-state index contributed by atoms with van der Waals surface area (Å²) in [5, 5.41) is 3.89. The molecule has 0 spiro atoms. The average molecular weight is 272 g/mol. The number of para-hydroxylation sites is 2. The van der Waals surface area contributed by atoms with Crippen molar-refractivity contribution >= 4 is 11.4 Å². The van der Waals surface area contributed by atoms with Crippen LogP contribution in [0.1, 0.15) is 51.9 Å². The first-order chi connectivity index (χ1) is 9.88. The minimum absolute atomic E-state index is 0.678. The van der Waals surface area contributed by atoms with Gasteiger partial charge in [-0.05, 0) is 43.7 Å². The van der Waals surface area contributed by atoms with Crippen LogP contribution in [0.15, 0.2) is 24.3 Å². The van der Waals surface area contributed by atoms with Crippen molar-refractivity contribution < 1.29 is 0 Å². The molecular formula is C18H28N2. The topological polar surface area (TPSA) is 15.3 Å². The second-order valence-corrected chi connectivity index (χ2v) is 6.41. The second kappa shape index (κ2) is 6.51. The Kier molecular flexibility index (Phi) is 4.49. The van der Waals surface area contributed by atoms with Crippen molar-refractivity contribution in [2.24, 2.45) is 5.92 Å². The molecule has 2 fully saturated rings. The molecule has 0 amide bonds. The Hall–Kier alpha value is -1.18. The van der Waals surface area contributed by atoms with Crippen LogP contribution in [0.2, 0.25) is 0 Å². The fourth-order valence-electron chi connectivity index (χ4n) is 3.92. The van der Waals surface area contributed by atoms with E-state index in [2.05, 4.69) is 41.4 Å². The maximum absolute atomic E-state index is 3.89. The molecule has 0 bridgehead atoms. The predicted molar refractivity (Wildman–Crippen MR) is 87.5 cm³/mol. The van der Waals surface area contributed by atoms with Crippen LogP contribution in [0.5, 0.6) is 0 Å². The van der Waals surface area contributed by atoms with Gasteiger partial charge in [0.25, 0.3) is 0 Å². The molecule has 20 heavy (non-hydrogen) atoms. The molecule has 1 heterocycles. The van der Waals surface area contributed by atoms with Crippen LogP contribution in [0.4, 0.5) is 11.4 Å². The molecule has 1 aromatic rings. The third-order valence-electron chi connectivity index (χ3n) is 5.13. The molecule has 1 saturated carbocycles. The normalized spacial score (nSPS) is 26.8. The van der Waals surface area contributed by atoms with Crippen LogP contribution in [-0.2, 0) is 0 Å².